The lowest BCUT2D eigenvalue weighted by Gasteiger charge is -2.20. The van der Waals surface area contributed by atoms with Crippen molar-refractivity contribution in [1.29, 1.82) is 0 Å². The van der Waals surface area contributed by atoms with Gasteiger partial charge in [0.15, 0.2) is 17.2 Å². The molecule has 1 aliphatic rings. The van der Waals surface area contributed by atoms with E-state index >= 15 is 0 Å². The van der Waals surface area contributed by atoms with Crippen LogP contribution in [-0.2, 0) is 4.79 Å². The molecule has 0 bridgehead atoms. The Labute approximate surface area is 163 Å². The number of hydrogen-bond acceptors (Lipinski definition) is 4. The minimum atomic E-state index is -0.361. The molecule has 1 atom stereocenters. The molecule has 1 amide bonds. The van der Waals surface area contributed by atoms with Crippen molar-refractivity contribution >= 4 is 11.6 Å². The van der Waals surface area contributed by atoms with Crippen molar-refractivity contribution < 1.29 is 19.0 Å². The fraction of sp³-hybridized carbons (Fsp3) is 0.174. The molecule has 5 nitrogen and oxygen atoms in total. The van der Waals surface area contributed by atoms with Crippen LogP contribution in [0.5, 0.6) is 23.0 Å². The lowest BCUT2D eigenvalue weighted by atomic mass is 9.99. The molecule has 0 spiro atoms. The first-order valence-electron chi connectivity index (χ1n) is 9.23. The van der Waals surface area contributed by atoms with Gasteiger partial charge in [0.05, 0.1) is 11.6 Å². The summed E-state index contributed by atoms with van der Waals surface area (Å²) in [6.45, 7) is 2.92. The quantitative estimate of drug-likeness (QED) is 0.682. The summed E-state index contributed by atoms with van der Waals surface area (Å²) in [5.74, 6) is 2.21. The molecule has 1 aliphatic heterocycles. The zero-order valence-electron chi connectivity index (χ0n) is 15.6. The molecule has 4 rings (SSSR count). The van der Waals surface area contributed by atoms with E-state index in [-0.39, 0.29) is 11.8 Å². The summed E-state index contributed by atoms with van der Waals surface area (Å²) in [6.07, 6.45) is 0. The van der Waals surface area contributed by atoms with E-state index in [0.717, 1.165) is 5.56 Å². The van der Waals surface area contributed by atoms with Crippen LogP contribution in [0, 0.1) is 0 Å². The summed E-state index contributed by atoms with van der Waals surface area (Å²) < 4.78 is 17.1. The minimum Gasteiger partial charge on any atom is -0.486 e. The number of amides is 1. The molecule has 0 aliphatic carbocycles. The van der Waals surface area contributed by atoms with Crippen LogP contribution >= 0.6 is 0 Å². The third-order valence-corrected chi connectivity index (χ3v) is 4.58. The van der Waals surface area contributed by atoms with Gasteiger partial charge in [-0.3, -0.25) is 4.79 Å². The van der Waals surface area contributed by atoms with E-state index in [4.69, 9.17) is 14.2 Å². The van der Waals surface area contributed by atoms with Crippen molar-refractivity contribution in [2.75, 3.05) is 18.5 Å². The zero-order chi connectivity index (χ0) is 19.3. The van der Waals surface area contributed by atoms with Crippen LogP contribution in [0.15, 0.2) is 72.8 Å². The molecule has 1 N–H and O–H groups in total. The van der Waals surface area contributed by atoms with Crippen molar-refractivity contribution in [3.05, 3.63) is 78.4 Å². The molecule has 1 heterocycles. The van der Waals surface area contributed by atoms with Crippen LogP contribution in [0.3, 0.4) is 0 Å². The predicted octanol–water partition coefficient (Wildman–Crippen LogP) is 4.99. The smallest absolute Gasteiger partial charge is 0.231 e. The largest absolute Gasteiger partial charge is 0.486 e. The van der Waals surface area contributed by atoms with E-state index in [2.05, 4.69) is 5.32 Å². The Hall–Kier alpha value is -3.47. The number of benzene rings is 3. The molecule has 142 valence electrons. The van der Waals surface area contributed by atoms with Crippen LogP contribution in [0.2, 0.25) is 0 Å². The molecule has 0 radical (unpaired) electrons. The highest BCUT2D eigenvalue weighted by Crippen LogP contribution is 2.34. The number of fused-ring (bicyclic) bond motifs is 1. The molecule has 1 unspecified atom stereocenters. The van der Waals surface area contributed by atoms with Crippen molar-refractivity contribution in [3.63, 3.8) is 0 Å². The molecular formula is C23H21NO4. The van der Waals surface area contributed by atoms with E-state index in [9.17, 15) is 4.79 Å². The fourth-order valence-electron chi connectivity index (χ4n) is 3.00. The maximum atomic E-state index is 12.8. The van der Waals surface area contributed by atoms with E-state index < -0.39 is 0 Å². The average molecular weight is 375 g/mol. The van der Waals surface area contributed by atoms with Crippen LogP contribution < -0.4 is 19.5 Å². The summed E-state index contributed by atoms with van der Waals surface area (Å²) >= 11 is 0. The Morgan fingerprint density at radius 3 is 2.46 bits per heavy atom. The van der Waals surface area contributed by atoms with Gasteiger partial charge in [-0.1, -0.05) is 36.4 Å². The minimum absolute atomic E-state index is 0.124. The first-order valence-corrected chi connectivity index (χ1v) is 9.23. The molecule has 3 aromatic rings. The average Bonchev–Trinajstić information content (AvgIpc) is 2.75. The van der Waals surface area contributed by atoms with Crippen LogP contribution in [-0.4, -0.2) is 19.1 Å². The number of nitrogens with one attached hydrogen (secondary N) is 1. The van der Waals surface area contributed by atoms with Crippen molar-refractivity contribution in [3.8, 4) is 23.0 Å². The SMILES string of the molecule is CC(C(=O)Nc1ccccc1Oc1ccccc1)c1ccc2c(c1)OCCO2. The molecule has 0 aromatic heterocycles. The highest BCUT2D eigenvalue weighted by Gasteiger charge is 2.20. The van der Waals surface area contributed by atoms with Crippen LogP contribution in [0.4, 0.5) is 5.69 Å². The maximum Gasteiger partial charge on any atom is 0.231 e. The third-order valence-electron chi connectivity index (χ3n) is 4.58. The maximum absolute atomic E-state index is 12.8. The summed E-state index contributed by atoms with van der Waals surface area (Å²) in [5.41, 5.74) is 1.49. The van der Waals surface area contributed by atoms with Gasteiger partial charge in [0, 0.05) is 0 Å². The molecule has 3 aromatic carbocycles. The number of para-hydroxylation sites is 3. The molecule has 28 heavy (non-hydrogen) atoms. The molecule has 0 fully saturated rings. The predicted molar refractivity (Wildman–Crippen MR) is 107 cm³/mol. The summed E-state index contributed by atoms with van der Waals surface area (Å²) in [4.78, 5) is 12.8. The fourth-order valence-corrected chi connectivity index (χ4v) is 3.00. The lowest BCUT2D eigenvalue weighted by Crippen LogP contribution is -2.20. The van der Waals surface area contributed by atoms with E-state index in [1.165, 1.54) is 0 Å². The van der Waals surface area contributed by atoms with E-state index in [1.807, 2.05) is 79.7 Å². The number of hydrogen-bond donors (Lipinski definition) is 1. The normalized spacial score (nSPS) is 13.5. The van der Waals surface area contributed by atoms with E-state index in [0.29, 0.717) is 41.9 Å². The number of anilines is 1. The van der Waals surface area contributed by atoms with Gasteiger partial charge in [-0.2, -0.15) is 0 Å². The molecule has 0 saturated heterocycles. The molecular weight excluding hydrogens is 354 g/mol. The lowest BCUT2D eigenvalue weighted by molar-refractivity contribution is -0.117. The number of rotatable bonds is 5. The van der Waals surface area contributed by atoms with Gasteiger partial charge in [0.2, 0.25) is 5.91 Å². The number of ether oxygens (including phenoxy) is 3. The standard InChI is InChI=1S/C23H21NO4/c1-16(17-11-12-21-22(15-17)27-14-13-26-21)23(25)24-19-9-5-6-10-20(19)28-18-7-3-2-4-8-18/h2-12,15-16H,13-14H2,1H3,(H,24,25). The second-order valence-electron chi connectivity index (χ2n) is 6.53. The second kappa shape index (κ2) is 8.05. The van der Waals surface area contributed by atoms with Gasteiger partial charge in [-0.15, -0.1) is 0 Å². The first kappa shape index (κ1) is 17.9. The van der Waals surface area contributed by atoms with Gasteiger partial charge in [-0.25, -0.2) is 0 Å². The van der Waals surface area contributed by atoms with Gasteiger partial charge < -0.3 is 19.5 Å². The summed E-state index contributed by atoms with van der Waals surface area (Å²) in [6, 6.07) is 22.5. The Morgan fingerprint density at radius 2 is 1.64 bits per heavy atom. The zero-order valence-corrected chi connectivity index (χ0v) is 15.6. The van der Waals surface area contributed by atoms with Crippen LogP contribution in [0.1, 0.15) is 18.4 Å². The topological polar surface area (TPSA) is 56.8 Å². The van der Waals surface area contributed by atoms with Gasteiger partial charge in [0.1, 0.15) is 19.0 Å². The Kier molecular flexibility index (Phi) is 5.15. The second-order valence-corrected chi connectivity index (χ2v) is 6.53. The molecule has 5 heteroatoms. The third kappa shape index (κ3) is 3.93. The van der Waals surface area contributed by atoms with Gasteiger partial charge in [0.25, 0.3) is 0 Å². The van der Waals surface area contributed by atoms with Gasteiger partial charge >= 0.3 is 0 Å². The summed E-state index contributed by atoms with van der Waals surface area (Å²) in [5, 5.41) is 2.97. The number of carbonyl (C=O) groups excluding carboxylic acids is 1. The first-order chi connectivity index (χ1) is 13.7. The summed E-state index contributed by atoms with van der Waals surface area (Å²) in [7, 11) is 0. The Bertz CT molecular complexity index is 971. The highest BCUT2D eigenvalue weighted by molar-refractivity contribution is 5.96. The van der Waals surface area contributed by atoms with E-state index in [1.54, 1.807) is 0 Å². The monoisotopic (exact) mass is 375 g/mol. The Morgan fingerprint density at radius 1 is 0.929 bits per heavy atom. The van der Waals surface area contributed by atoms with Gasteiger partial charge in [-0.05, 0) is 48.9 Å². The number of carbonyl (C=O) groups is 1. The Balaban J connectivity index is 1.50. The molecule has 0 saturated carbocycles. The van der Waals surface area contributed by atoms with Crippen molar-refractivity contribution in [2.45, 2.75) is 12.8 Å². The van der Waals surface area contributed by atoms with Crippen LogP contribution in [0.25, 0.3) is 0 Å². The van der Waals surface area contributed by atoms with Crippen molar-refractivity contribution in [2.24, 2.45) is 0 Å². The highest BCUT2D eigenvalue weighted by atomic mass is 16.6. The van der Waals surface area contributed by atoms with Crippen molar-refractivity contribution in [1.82, 2.24) is 0 Å².